The second kappa shape index (κ2) is 6.24. The lowest BCUT2D eigenvalue weighted by Gasteiger charge is -2.16. The summed E-state index contributed by atoms with van der Waals surface area (Å²) in [5.74, 6) is 0.149. The van der Waals surface area contributed by atoms with Gasteiger partial charge in [-0.25, -0.2) is 12.8 Å². The van der Waals surface area contributed by atoms with Gasteiger partial charge in [-0.2, -0.15) is 0 Å². The van der Waals surface area contributed by atoms with Crippen molar-refractivity contribution in [3.63, 3.8) is 0 Å². The Kier molecular flexibility index (Phi) is 4.59. The summed E-state index contributed by atoms with van der Waals surface area (Å²) in [5, 5.41) is -0.911. The molecule has 1 unspecified atom stereocenters. The molecule has 0 saturated heterocycles. The van der Waals surface area contributed by atoms with Crippen molar-refractivity contribution in [3.05, 3.63) is 59.9 Å². The summed E-state index contributed by atoms with van der Waals surface area (Å²) in [6.07, 6.45) is 0. The Bertz CT molecular complexity index is 697. The zero-order valence-corrected chi connectivity index (χ0v) is 12.3. The predicted octanol–water partition coefficient (Wildman–Crippen LogP) is 2.31. The third-order valence-electron chi connectivity index (χ3n) is 3.22. The molecule has 21 heavy (non-hydrogen) atoms. The van der Waals surface area contributed by atoms with E-state index in [2.05, 4.69) is 0 Å². The number of nitrogens with two attached hydrogens (primary N) is 1. The highest BCUT2D eigenvalue weighted by Gasteiger charge is 2.27. The highest BCUT2D eigenvalue weighted by Crippen LogP contribution is 2.29. The Morgan fingerprint density at radius 3 is 2.14 bits per heavy atom. The summed E-state index contributed by atoms with van der Waals surface area (Å²) in [4.78, 5) is 0.156. The molecule has 0 radical (unpaired) electrons. The van der Waals surface area contributed by atoms with E-state index in [0.29, 0.717) is 11.3 Å². The summed E-state index contributed by atoms with van der Waals surface area (Å²) in [6, 6.07) is 11.4. The van der Waals surface area contributed by atoms with Gasteiger partial charge in [0.1, 0.15) is 16.8 Å². The molecule has 0 saturated carbocycles. The fraction of sp³-hybridized carbons (Fsp3) is 0.200. The van der Waals surface area contributed by atoms with Crippen LogP contribution in [-0.2, 0) is 9.84 Å². The van der Waals surface area contributed by atoms with Gasteiger partial charge in [0.25, 0.3) is 0 Å². The largest absolute Gasteiger partial charge is 0.497 e. The van der Waals surface area contributed by atoms with E-state index in [0.717, 1.165) is 0 Å². The Morgan fingerprint density at radius 1 is 1.10 bits per heavy atom. The molecule has 112 valence electrons. The fourth-order valence-electron chi connectivity index (χ4n) is 2.05. The number of hydrogen-bond donors (Lipinski definition) is 1. The first-order valence-electron chi connectivity index (χ1n) is 6.32. The van der Waals surface area contributed by atoms with E-state index >= 15 is 0 Å². The van der Waals surface area contributed by atoms with Crippen molar-refractivity contribution in [2.75, 3.05) is 13.7 Å². The fourth-order valence-corrected chi connectivity index (χ4v) is 3.66. The number of halogens is 1. The van der Waals surface area contributed by atoms with E-state index in [9.17, 15) is 12.8 Å². The van der Waals surface area contributed by atoms with Gasteiger partial charge in [-0.3, -0.25) is 0 Å². The molecule has 0 amide bonds. The number of sulfone groups is 1. The molecular formula is C15H16FNO3S. The van der Waals surface area contributed by atoms with Crippen LogP contribution < -0.4 is 10.5 Å². The van der Waals surface area contributed by atoms with Gasteiger partial charge in [-0.05, 0) is 42.0 Å². The third-order valence-corrected chi connectivity index (χ3v) is 5.36. The van der Waals surface area contributed by atoms with Crippen LogP contribution in [0.25, 0.3) is 0 Å². The first-order valence-corrected chi connectivity index (χ1v) is 7.87. The van der Waals surface area contributed by atoms with E-state index in [1.807, 2.05) is 0 Å². The van der Waals surface area contributed by atoms with Crippen LogP contribution in [0.3, 0.4) is 0 Å². The lowest BCUT2D eigenvalue weighted by molar-refractivity contribution is 0.414. The number of hydrogen-bond acceptors (Lipinski definition) is 4. The van der Waals surface area contributed by atoms with Gasteiger partial charge in [0.2, 0.25) is 0 Å². The van der Waals surface area contributed by atoms with Crippen LogP contribution in [0.4, 0.5) is 4.39 Å². The molecule has 6 heteroatoms. The van der Waals surface area contributed by atoms with Crippen LogP contribution in [0.1, 0.15) is 10.8 Å². The van der Waals surface area contributed by atoms with Crippen molar-refractivity contribution < 1.29 is 17.5 Å². The van der Waals surface area contributed by atoms with E-state index in [1.54, 1.807) is 12.1 Å². The van der Waals surface area contributed by atoms with E-state index < -0.39 is 20.9 Å². The van der Waals surface area contributed by atoms with Gasteiger partial charge >= 0.3 is 0 Å². The Morgan fingerprint density at radius 2 is 1.67 bits per heavy atom. The van der Waals surface area contributed by atoms with Crippen molar-refractivity contribution in [2.24, 2.45) is 5.73 Å². The molecule has 4 nitrogen and oxygen atoms in total. The number of benzene rings is 2. The lowest BCUT2D eigenvalue weighted by atomic mass is 10.1. The van der Waals surface area contributed by atoms with Crippen LogP contribution in [0.2, 0.25) is 0 Å². The summed E-state index contributed by atoms with van der Waals surface area (Å²) >= 11 is 0. The van der Waals surface area contributed by atoms with Crippen molar-refractivity contribution in [1.29, 1.82) is 0 Å². The average molecular weight is 309 g/mol. The maximum Gasteiger partial charge on any atom is 0.186 e. The monoisotopic (exact) mass is 309 g/mol. The van der Waals surface area contributed by atoms with Crippen molar-refractivity contribution in [2.45, 2.75) is 10.1 Å². The molecule has 0 aromatic heterocycles. The normalized spacial score (nSPS) is 12.9. The van der Waals surface area contributed by atoms with Crippen LogP contribution in [0, 0.1) is 5.82 Å². The molecule has 0 heterocycles. The molecule has 1 atom stereocenters. The topological polar surface area (TPSA) is 69.4 Å². The van der Waals surface area contributed by atoms with Crippen molar-refractivity contribution in [3.8, 4) is 5.75 Å². The first-order chi connectivity index (χ1) is 9.98. The summed E-state index contributed by atoms with van der Waals surface area (Å²) in [7, 11) is -2.14. The molecule has 0 aliphatic heterocycles. The van der Waals surface area contributed by atoms with Crippen LogP contribution in [0.5, 0.6) is 5.75 Å². The molecule has 0 aliphatic rings. The maximum absolute atomic E-state index is 13.0. The number of methoxy groups -OCH3 is 1. The van der Waals surface area contributed by atoms with Crippen LogP contribution in [-0.4, -0.2) is 22.1 Å². The van der Waals surface area contributed by atoms with Crippen LogP contribution in [0.15, 0.2) is 53.4 Å². The minimum Gasteiger partial charge on any atom is -0.497 e. The summed E-state index contributed by atoms with van der Waals surface area (Å²) in [5.41, 5.74) is 6.09. The molecule has 2 N–H and O–H groups in total. The second-order valence-electron chi connectivity index (χ2n) is 4.50. The van der Waals surface area contributed by atoms with Crippen LogP contribution >= 0.6 is 0 Å². The number of rotatable bonds is 5. The Labute approximate surface area is 123 Å². The van der Waals surface area contributed by atoms with Gasteiger partial charge in [0.05, 0.1) is 12.0 Å². The molecule has 0 bridgehead atoms. The smallest absolute Gasteiger partial charge is 0.186 e. The van der Waals surface area contributed by atoms with Gasteiger partial charge < -0.3 is 10.5 Å². The predicted molar refractivity (Wildman–Crippen MR) is 78.4 cm³/mol. The van der Waals surface area contributed by atoms with Crippen molar-refractivity contribution in [1.82, 2.24) is 0 Å². The average Bonchev–Trinajstić information content (AvgIpc) is 2.50. The van der Waals surface area contributed by atoms with Gasteiger partial charge in [-0.15, -0.1) is 0 Å². The zero-order valence-electron chi connectivity index (χ0n) is 11.5. The molecule has 2 aromatic carbocycles. The summed E-state index contributed by atoms with van der Waals surface area (Å²) < 4.78 is 43.2. The second-order valence-corrected chi connectivity index (χ2v) is 6.63. The first kappa shape index (κ1) is 15.5. The Hall–Kier alpha value is -1.92. The molecule has 2 rings (SSSR count). The molecule has 0 aliphatic carbocycles. The van der Waals surface area contributed by atoms with Gasteiger partial charge in [0.15, 0.2) is 9.84 Å². The minimum absolute atomic E-state index is 0.0833. The SMILES string of the molecule is COc1ccc(S(=O)(=O)C(CN)c2ccc(F)cc2)cc1. The highest BCUT2D eigenvalue weighted by molar-refractivity contribution is 7.91. The standard InChI is InChI=1S/C15H16FNO3S/c1-20-13-6-8-14(9-7-13)21(18,19)15(10-17)11-2-4-12(16)5-3-11/h2-9,15H,10,17H2,1H3. The molecular weight excluding hydrogens is 293 g/mol. The van der Waals surface area contributed by atoms with Crippen molar-refractivity contribution >= 4 is 9.84 Å². The van der Waals surface area contributed by atoms with Gasteiger partial charge in [-0.1, -0.05) is 12.1 Å². The van der Waals surface area contributed by atoms with Gasteiger partial charge in [0, 0.05) is 6.54 Å². The quantitative estimate of drug-likeness (QED) is 0.920. The third kappa shape index (κ3) is 3.22. The van der Waals surface area contributed by atoms with E-state index in [4.69, 9.17) is 10.5 Å². The Balaban J connectivity index is 2.41. The summed E-state index contributed by atoms with van der Waals surface area (Å²) in [6.45, 7) is -0.0833. The minimum atomic E-state index is -3.65. The lowest BCUT2D eigenvalue weighted by Crippen LogP contribution is -2.22. The van der Waals surface area contributed by atoms with E-state index in [-0.39, 0.29) is 11.4 Å². The van der Waals surface area contributed by atoms with E-state index in [1.165, 1.54) is 43.5 Å². The number of ether oxygens (including phenoxy) is 1. The maximum atomic E-state index is 13.0. The molecule has 0 fully saturated rings. The highest BCUT2D eigenvalue weighted by atomic mass is 32.2. The zero-order chi connectivity index (χ0) is 15.5. The molecule has 0 spiro atoms. The molecule has 2 aromatic rings.